The zero-order chi connectivity index (χ0) is 56.6. The molecule has 4 bridgehead atoms. The van der Waals surface area contributed by atoms with E-state index in [2.05, 4.69) is 308 Å². The Morgan fingerprint density at radius 1 is 0.221 bits per heavy atom. The molecule has 0 unspecified atom stereocenters. The van der Waals surface area contributed by atoms with E-state index in [1.807, 2.05) is 0 Å². The molecular formula is C85H65N. The van der Waals surface area contributed by atoms with Crippen LogP contribution in [0.15, 0.2) is 303 Å². The highest BCUT2D eigenvalue weighted by molar-refractivity contribution is 5.92. The molecule has 0 aliphatic heterocycles. The molecule has 7 aliphatic rings. The van der Waals surface area contributed by atoms with Crippen LogP contribution in [0.1, 0.15) is 111 Å². The minimum absolute atomic E-state index is 0.251. The van der Waals surface area contributed by atoms with Crippen molar-refractivity contribution in [1.82, 2.24) is 0 Å². The van der Waals surface area contributed by atoms with Crippen molar-refractivity contribution >= 4 is 17.1 Å². The van der Waals surface area contributed by atoms with E-state index in [-0.39, 0.29) is 5.41 Å². The zero-order valence-corrected chi connectivity index (χ0v) is 48.3. The van der Waals surface area contributed by atoms with Crippen LogP contribution in [0.25, 0.3) is 33.4 Å². The third kappa shape index (κ3) is 6.89. The summed E-state index contributed by atoms with van der Waals surface area (Å²) in [6.07, 6.45) is 8.31. The molecule has 0 aromatic heterocycles. The van der Waals surface area contributed by atoms with Crippen LogP contribution < -0.4 is 4.90 Å². The van der Waals surface area contributed by atoms with Gasteiger partial charge in [-0.3, -0.25) is 0 Å². The standard InChI is InChI=1S/C85H65N/c1-5-21-60(22-6-1)83(76-33-17-13-29-70(76)71-30-14-18-34-77(71)83)64-37-42-67(43-38-64)86(68-44-39-65(40-45-68)84(61-23-7-2-8-24-61)78-35-19-15-31-72(78)73-32-16-20-36-79(73)84)69-46-48-75-74-47-41-66(82-54-57-49-58(55-82)51-59(50-57)56-82)52-80(74)85(81(75)53-69,62-25-9-3-10-26-62)63-27-11-4-12-28-63/h1-48,52-53,57-59H,49-51,54-56H2. The Balaban J connectivity index is 0.857. The second kappa shape index (κ2) is 19.0. The zero-order valence-electron chi connectivity index (χ0n) is 48.3. The van der Waals surface area contributed by atoms with Crippen molar-refractivity contribution in [3.05, 3.63) is 376 Å². The predicted molar refractivity (Wildman–Crippen MR) is 353 cm³/mol. The van der Waals surface area contributed by atoms with E-state index in [4.69, 9.17) is 0 Å². The highest BCUT2D eigenvalue weighted by atomic mass is 15.1. The molecule has 86 heavy (non-hydrogen) atoms. The topological polar surface area (TPSA) is 3.24 Å². The first-order chi connectivity index (χ1) is 42.6. The van der Waals surface area contributed by atoms with Gasteiger partial charge in [-0.1, -0.05) is 267 Å². The summed E-state index contributed by atoms with van der Waals surface area (Å²) in [4.78, 5) is 2.54. The van der Waals surface area contributed by atoms with Gasteiger partial charge in [0.05, 0.1) is 16.2 Å². The van der Waals surface area contributed by atoms with Crippen molar-refractivity contribution < 1.29 is 0 Å². The number of fused-ring (bicyclic) bond motifs is 9. The molecule has 12 aromatic carbocycles. The quantitative estimate of drug-likeness (QED) is 0.132. The van der Waals surface area contributed by atoms with Gasteiger partial charge in [0.25, 0.3) is 0 Å². The molecule has 0 N–H and O–H groups in total. The second-order valence-corrected chi connectivity index (χ2v) is 26.0. The van der Waals surface area contributed by atoms with Crippen LogP contribution >= 0.6 is 0 Å². The smallest absolute Gasteiger partial charge is 0.0714 e. The third-order valence-corrected chi connectivity index (χ3v) is 21.9. The van der Waals surface area contributed by atoms with E-state index < -0.39 is 16.2 Å². The summed E-state index contributed by atoms with van der Waals surface area (Å²) in [7, 11) is 0. The monoisotopic (exact) mass is 1100 g/mol. The van der Waals surface area contributed by atoms with Crippen LogP contribution in [0, 0.1) is 17.8 Å². The molecule has 0 saturated heterocycles. The summed E-state index contributed by atoms with van der Waals surface area (Å²) in [5.74, 6) is 2.58. The van der Waals surface area contributed by atoms with Crippen molar-refractivity contribution in [2.24, 2.45) is 17.8 Å². The first-order valence-corrected chi connectivity index (χ1v) is 31.5. The molecule has 0 heterocycles. The Labute approximate surface area is 506 Å². The number of anilines is 3. The molecule has 0 radical (unpaired) electrons. The lowest BCUT2D eigenvalue weighted by molar-refractivity contribution is -0.00522. The van der Waals surface area contributed by atoms with Crippen LogP contribution in [0.3, 0.4) is 0 Å². The van der Waals surface area contributed by atoms with E-state index in [1.165, 1.54) is 139 Å². The van der Waals surface area contributed by atoms with Crippen molar-refractivity contribution in [2.75, 3.05) is 4.90 Å². The second-order valence-electron chi connectivity index (χ2n) is 26.0. The lowest BCUT2D eigenvalue weighted by Gasteiger charge is -2.57. The van der Waals surface area contributed by atoms with Crippen LogP contribution in [0.2, 0.25) is 0 Å². The summed E-state index contributed by atoms with van der Waals surface area (Å²) in [6, 6.07) is 116. The van der Waals surface area contributed by atoms with Crippen molar-refractivity contribution in [1.29, 1.82) is 0 Å². The van der Waals surface area contributed by atoms with E-state index in [0.717, 1.165) is 34.8 Å². The van der Waals surface area contributed by atoms with Gasteiger partial charge in [0.1, 0.15) is 0 Å². The molecule has 0 atom stereocenters. The van der Waals surface area contributed by atoms with E-state index in [0.29, 0.717) is 0 Å². The number of rotatable bonds is 10. The highest BCUT2D eigenvalue weighted by Crippen LogP contribution is 2.64. The molecule has 1 nitrogen and oxygen atoms in total. The molecule has 0 spiro atoms. The lowest BCUT2D eigenvalue weighted by atomic mass is 9.48. The average molecular weight is 1100 g/mol. The Kier molecular flexibility index (Phi) is 11.0. The van der Waals surface area contributed by atoms with Crippen LogP contribution in [-0.2, 0) is 21.7 Å². The van der Waals surface area contributed by atoms with Gasteiger partial charge in [-0.05, 0) is 204 Å². The minimum atomic E-state index is -0.572. The highest BCUT2D eigenvalue weighted by Gasteiger charge is 2.54. The molecule has 4 saturated carbocycles. The Bertz CT molecular complexity index is 4250. The van der Waals surface area contributed by atoms with Gasteiger partial charge in [0.15, 0.2) is 0 Å². The maximum Gasteiger partial charge on any atom is 0.0714 e. The normalized spacial score (nSPS) is 20.5. The summed E-state index contributed by atoms with van der Waals surface area (Å²) < 4.78 is 0. The van der Waals surface area contributed by atoms with Crippen molar-refractivity contribution in [3.63, 3.8) is 0 Å². The van der Waals surface area contributed by atoms with Crippen LogP contribution in [-0.4, -0.2) is 0 Å². The van der Waals surface area contributed by atoms with Gasteiger partial charge in [0.2, 0.25) is 0 Å². The van der Waals surface area contributed by atoms with Gasteiger partial charge < -0.3 is 4.90 Å². The fraction of sp³-hybridized carbons (Fsp3) is 0.153. The summed E-state index contributed by atoms with van der Waals surface area (Å²) in [5, 5.41) is 0. The predicted octanol–water partition coefficient (Wildman–Crippen LogP) is 20.7. The van der Waals surface area contributed by atoms with Gasteiger partial charge in [-0.2, -0.15) is 0 Å². The largest absolute Gasteiger partial charge is 0.310 e. The molecule has 410 valence electrons. The first-order valence-electron chi connectivity index (χ1n) is 31.5. The van der Waals surface area contributed by atoms with E-state index >= 15 is 0 Å². The third-order valence-electron chi connectivity index (χ3n) is 21.9. The van der Waals surface area contributed by atoms with Gasteiger partial charge in [-0.25, -0.2) is 0 Å². The van der Waals surface area contributed by atoms with E-state index in [1.54, 1.807) is 5.56 Å². The molecule has 1 heteroatoms. The molecule has 7 aliphatic carbocycles. The van der Waals surface area contributed by atoms with Gasteiger partial charge in [-0.15, -0.1) is 0 Å². The fourth-order valence-corrected chi connectivity index (χ4v) is 19.0. The Morgan fingerprint density at radius 2 is 0.488 bits per heavy atom. The number of nitrogens with zero attached hydrogens (tertiary/aromatic N) is 1. The first kappa shape index (κ1) is 49.8. The molecule has 12 aromatic rings. The molecule has 19 rings (SSSR count). The minimum Gasteiger partial charge on any atom is -0.310 e. The Hall–Kier alpha value is -9.56. The number of benzene rings is 12. The molecule has 0 amide bonds. The lowest BCUT2D eigenvalue weighted by Crippen LogP contribution is -2.48. The summed E-state index contributed by atoms with van der Waals surface area (Å²) in [6.45, 7) is 0. The van der Waals surface area contributed by atoms with Crippen molar-refractivity contribution in [2.45, 2.75) is 60.2 Å². The van der Waals surface area contributed by atoms with E-state index in [9.17, 15) is 0 Å². The molecule has 4 fully saturated rings. The average Bonchev–Trinajstić information content (AvgIpc) is 1.56. The van der Waals surface area contributed by atoms with Gasteiger partial charge >= 0.3 is 0 Å². The Morgan fingerprint density at radius 3 is 0.860 bits per heavy atom. The summed E-state index contributed by atoms with van der Waals surface area (Å²) >= 11 is 0. The van der Waals surface area contributed by atoms with Crippen LogP contribution in [0.5, 0.6) is 0 Å². The fourth-order valence-electron chi connectivity index (χ4n) is 19.0. The van der Waals surface area contributed by atoms with Gasteiger partial charge in [0, 0.05) is 17.1 Å². The number of hydrogen-bond donors (Lipinski definition) is 0. The van der Waals surface area contributed by atoms with Crippen molar-refractivity contribution in [3.8, 4) is 33.4 Å². The SMILES string of the molecule is c1ccc(C2(c3ccc(N(c4ccc(C5(c6ccccc6)c6ccccc6-c6ccccc65)cc4)c4ccc5c(c4)C(c4ccccc4)(c4ccccc4)c4cc(C67CC8CC(CC(C8)C6)C7)ccc4-5)cc3)c3ccccc3-c3ccccc32)cc1. The maximum atomic E-state index is 2.72. The maximum absolute atomic E-state index is 2.72. The summed E-state index contributed by atoms with van der Waals surface area (Å²) in [5.41, 5.74) is 27.0. The van der Waals surface area contributed by atoms with Crippen LogP contribution in [0.4, 0.5) is 17.1 Å². The number of hydrogen-bond acceptors (Lipinski definition) is 1. The molecular weight excluding hydrogens is 1030 g/mol.